The molecule has 1 atom stereocenters. The van der Waals surface area contributed by atoms with E-state index in [1.807, 2.05) is 0 Å². The lowest BCUT2D eigenvalue weighted by atomic mass is 10.0. The van der Waals surface area contributed by atoms with Crippen LogP contribution in [0.2, 0.25) is 0 Å². The third-order valence-electron chi connectivity index (χ3n) is 3.93. The van der Waals surface area contributed by atoms with Gasteiger partial charge in [0.05, 0.1) is 17.7 Å². The van der Waals surface area contributed by atoms with Gasteiger partial charge in [0, 0.05) is 18.4 Å². The number of nitrogens with one attached hydrogen (secondary N) is 1. The molecule has 2 aliphatic rings. The number of carbonyl (C=O) groups excluding carboxylic acids is 4. The van der Waals surface area contributed by atoms with Gasteiger partial charge in [-0.15, -0.1) is 0 Å². The van der Waals surface area contributed by atoms with Crippen molar-refractivity contribution in [2.24, 2.45) is 0 Å². The van der Waals surface area contributed by atoms with Crippen LogP contribution in [0.5, 0.6) is 0 Å². The van der Waals surface area contributed by atoms with E-state index in [1.54, 1.807) is 12.1 Å². The molecule has 0 aliphatic carbocycles. The van der Waals surface area contributed by atoms with E-state index >= 15 is 0 Å². The lowest BCUT2D eigenvalue weighted by Crippen LogP contribution is -2.54. The van der Waals surface area contributed by atoms with Crippen LogP contribution < -0.4 is 5.32 Å². The standard InChI is InChI=1S/C17H14N2O5/c20-9-2-1-4-10-5-3-6-11-14(10)17(24)19(16(11)23)12-7-8-13(21)18-15(12)22/h3,5-6,12,20H,2,7-9H2,(H,18,21,22). The van der Waals surface area contributed by atoms with Crippen LogP contribution in [0.25, 0.3) is 0 Å². The number of fused-ring (bicyclic) bond motifs is 1. The molecule has 1 unspecified atom stereocenters. The first kappa shape index (κ1) is 15.9. The molecule has 7 heteroatoms. The number of aliphatic hydroxyl groups excluding tert-OH is 1. The summed E-state index contributed by atoms with van der Waals surface area (Å²) in [5.74, 6) is 3.29. The lowest BCUT2D eigenvalue weighted by Gasteiger charge is -2.27. The average molecular weight is 326 g/mol. The van der Waals surface area contributed by atoms with Gasteiger partial charge >= 0.3 is 0 Å². The van der Waals surface area contributed by atoms with E-state index in [0.717, 1.165) is 4.90 Å². The third kappa shape index (κ3) is 2.57. The fourth-order valence-electron chi connectivity index (χ4n) is 2.83. The SMILES string of the molecule is O=C1CCC(N2C(=O)c3cccc(C#CCCO)c3C2=O)C(=O)N1. The number of aliphatic hydroxyl groups is 1. The molecule has 1 fully saturated rings. The number of rotatable bonds is 2. The first-order valence-corrected chi connectivity index (χ1v) is 7.49. The topological polar surface area (TPSA) is 104 Å². The summed E-state index contributed by atoms with van der Waals surface area (Å²) in [4.78, 5) is 49.4. The summed E-state index contributed by atoms with van der Waals surface area (Å²) in [6.07, 6.45) is 0.442. The van der Waals surface area contributed by atoms with E-state index in [1.165, 1.54) is 6.07 Å². The Hall–Kier alpha value is -2.98. The highest BCUT2D eigenvalue weighted by Crippen LogP contribution is 2.29. The Balaban J connectivity index is 1.97. The minimum absolute atomic E-state index is 0.0764. The number of carbonyl (C=O) groups is 4. The maximum absolute atomic E-state index is 12.7. The Morgan fingerprint density at radius 2 is 2.00 bits per heavy atom. The second kappa shape index (κ2) is 6.26. The predicted molar refractivity (Wildman–Crippen MR) is 81.7 cm³/mol. The number of hydrogen-bond donors (Lipinski definition) is 2. The molecular formula is C17H14N2O5. The van der Waals surface area contributed by atoms with Crippen molar-refractivity contribution in [3.63, 3.8) is 0 Å². The molecule has 1 aromatic carbocycles. The molecule has 1 saturated heterocycles. The molecule has 0 spiro atoms. The molecule has 1 aromatic rings. The normalized spacial score (nSPS) is 19.7. The zero-order chi connectivity index (χ0) is 17.3. The van der Waals surface area contributed by atoms with Gasteiger partial charge in [-0.3, -0.25) is 29.4 Å². The number of nitrogens with zero attached hydrogens (tertiary/aromatic N) is 1. The summed E-state index contributed by atoms with van der Waals surface area (Å²) >= 11 is 0. The average Bonchev–Trinajstić information content (AvgIpc) is 2.81. The van der Waals surface area contributed by atoms with Gasteiger partial charge in [0.1, 0.15) is 6.04 Å². The van der Waals surface area contributed by atoms with Gasteiger partial charge < -0.3 is 5.11 Å². The summed E-state index contributed by atoms with van der Waals surface area (Å²) < 4.78 is 0. The van der Waals surface area contributed by atoms with Crippen LogP contribution in [0.15, 0.2) is 18.2 Å². The van der Waals surface area contributed by atoms with Crippen molar-refractivity contribution in [2.45, 2.75) is 25.3 Å². The highest BCUT2D eigenvalue weighted by molar-refractivity contribution is 6.24. The molecule has 7 nitrogen and oxygen atoms in total. The van der Waals surface area contributed by atoms with Gasteiger partial charge in [0.25, 0.3) is 11.8 Å². The maximum atomic E-state index is 12.7. The Morgan fingerprint density at radius 1 is 1.21 bits per heavy atom. The number of hydrogen-bond acceptors (Lipinski definition) is 5. The van der Waals surface area contributed by atoms with Crippen molar-refractivity contribution in [1.82, 2.24) is 10.2 Å². The molecule has 0 radical (unpaired) electrons. The van der Waals surface area contributed by atoms with Crippen LogP contribution in [0.4, 0.5) is 0 Å². The minimum atomic E-state index is -0.992. The molecule has 2 heterocycles. The highest BCUT2D eigenvalue weighted by Gasteiger charge is 2.45. The molecule has 122 valence electrons. The van der Waals surface area contributed by atoms with Gasteiger partial charge in [0.15, 0.2) is 0 Å². The Kier molecular flexibility index (Phi) is 4.15. The second-order valence-electron chi connectivity index (χ2n) is 5.45. The summed E-state index contributed by atoms with van der Waals surface area (Å²) in [7, 11) is 0. The van der Waals surface area contributed by atoms with Gasteiger partial charge in [0.2, 0.25) is 11.8 Å². The van der Waals surface area contributed by atoms with E-state index in [2.05, 4.69) is 17.2 Å². The first-order chi connectivity index (χ1) is 11.5. The molecule has 0 saturated carbocycles. The first-order valence-electron chi connectivity index (χ1n) is 7.49. The van der Waals surface area contributed by atoms with Crippen molar-refractivity contribution in [1.29, 1.82) is 0 Å². The fourth-order valence-corrected chi connectivity index (χ4v) is 2.83. The number of benzene rings is 1. The summed E-state index contributed by atoms with van der Waals surface area (Å²) in [5.41, 5.74) is 0.743. The smallest absolute Gasteiger partial charge is 0.263 e. The van der Waals surface area contributed by atoms with Gasteiger partial charge in [-0.1, -0.05) is 17.9 Å². The van der Waals surface area contributed by atoms with Crippen molar-refractivity contribution >= 4 is 23.6 Å². The zero-order valence-corrected chi connectivity index (χ0v) is 12.7. The van der Waals surface area contributed by atoms with Gasteiger partial charge in [-0.25, -0.2) is 0 Å². The van der Waals surface area contributed by atoms with E-state index in [4.69, 9.17) is 5.11 Å². The summed E-state index contributed by atoms with van der Waals surface area (Å²) in [6.45, 7) is -0.0999. The lowest BCUT2D eigenvalue weighted by molar-refractivity contribution is -0.136. The second-order valence-corrected chi connectivity index (χ2v) is 5.45. The van der Waals surface area contributed by atoms with E-state index < -0.39 is 29.7 Å². The van der Waals surface area contributed by atoms with Crippen molar-refractivity contribution in [3.05, 3.63) is 34.9 Å². The van der Waals surface area contributed by atoms with Crippen LogP contribution in [0.3, 0.4) is 0 Å². The summed E-state index contributed by atoms with van der Waals surface area (Å²) in [5, 5.41) is 10.9. The van der Waals surface area contributed by atoms with Crippen molar-refractivity contribution < 1.29 is 24.3 Å². The van der Waals surface area contributed by atoms with Crippen molar-refractivity contribution in [3.8, 4) is 11.8 Å². The summed E-state index contributed by atoms with van der Waals surface area (Å²) in [6, 6.07) is 3.75. The van der Waals surface area contributed by atoms with E-state index in [-0.39, 0.29) is 37.0 Å². The van der Waals surface area contributed by atoms with Crippen LogP contribution >= 0.6 is 0 Å². The number of imide groups is 2. The fraction of sp³-hybridized carbons (Fsp3) is 0.294. The molecule has 2 aliphatic heterocycles. The number of amides is 4. The van der Waals surface area contributed by atoms with Gasteiger partial charge in [-0.05, 0) is 18.6 Å². The van der Waals surface area contributed by atoms with Crippen LogP contribution in [0, 0.1) is 11.8 Å². The molecule has 3 rings (SSSR count). The molecule has 2 N–H and O–H groups in total. The van der Waals surface area contributed by atoms with E-state index in [0.29, 0.717) is 5.56 Å². The Morgan fingerprint density at radius 3 is 2.71 bits per heavy atom. The largest absolute Gasteiger partial charge is 0.395 e. The molecular weight excluding hydrogens is 312 g/mol. The van der Waals surface area contributed by atoms with E-state index in [9.17, 15) is 19.2 Å². The van der Waals surface area contributed by atoms with Crippen LogP contribution in [0.1, 0.15) is 45.5 Å². The molecule has 0 bridgehead atoms. The Bertz CT molecular complexity index is 818. The highest BCUT2D eigenvalue weighted by atomic mass is 16.3. The molecule has 4 amide bonds. The third-order valence-corrected chi connectivity index (χ3v) is 3.93. The number of piperidine rings is 1. The quantitative estimate of drug-likeness (QED) is 0.580. The maximum Gasteiger partial charge on any atom is 0.263 e. The Labute approximate surface area is 137 Å². The van der Waals surface area contributed by atoms with Gasteiger partial charge in [-0.2, -0.15) is 0 Å². The van der Waals surface area contributed by atoms with Crippen LogP contribution in [-0.2, 0) is 9.59 Å². The zero-order valence-electron chi connectivity index (χ0n) is 12.7. The van der Waals surface area contributed by atoms with Crippen LogP contribution in [-0.4, -0.2) is 46.3 Å². The minimum Gasteiger partial charge on any atom is -0.395 e. The van der Waals surface area contributed by atoms with Crippen molar-refractivity contribution in [2.75, 3.05) is 6.61 Å². The molecule has 0 aromatic heterocycles. The monoisotopic (exact) mass is 326 g/mol. The molecule has 24 heavy (non-hydrogen) atoms. The predicted octanol–water partition coefficient (Wildman–Crippen LogP) is -0.178.